The van der Waals surface area contributed by atoms with Crippen LogP contribution < -0.4 is 15.6 Å². The molecule has 1 saturated heterocycles. The zero-order chi connectivity index (χ0) is 45.9. The smallest absolute Gasteiger partial charge is 0.415 e. The van der Waals surface area contributed by atoms with Crippen molar-refractivity contribution >= 4 is 28.9 Å². The molecule has 3 aromatic heterocycles. The number of aromatic nitrogens is 3. The van der Waals surface area contributed by atoms with Crippen molar-refractivity contribution in [1.82, 2.24) is 29.8 Å². The fraction of sp³-hybridized carbons (Fsp3) is 0.347. The number of hydrogen-bond acceptors (Lipinski definition) is 13. The van der Waals surface area contributed by atoms with Gasteiger partial charge >= 0.3 is 12.1 Å². The second-order valence-corrected chi connectivity index (χ2v) is 17.1. The van der Waals surface area contributed by atoms with Crippen LogP contribution in [0, 0.1) is 0 Å². The Morgan fingerprint density at radius 1 is 0.938 bits per heavy atom. The van der Waals surface area contributed by atoms with Gasteiger partial charge in [-0.2, -0.15) is 0 Å². The van der Waals surface area contributed by atoms with Crippen LogP contribution in [-0.2, 0) is 41.2 Å². The van der Waals surface area contributed by atoms with Gasteiger partial charge in [0.15, 0.2) is 17.1 Å². The van der Waals surface area contributed by atoms with Crippen LogP contribution in [0.1, 0.15) is 90.8 Å². The molecule has 336 valence electrons. The van der Waals surface area contributed by atoms with Gasteiger partial charge in [0.25, 0.3) is 11.5 Å². The molecule has 65 heavy (non-hydrogen) atoms. The summed E-state index contributed by atoms with van der Waals surface area (Å²) in [5.41, 5.74) is 5.03. The van der Waals surface area contributed by atoms with E-state index < -0.39 is 23.6 Å². The van der Waals surface area contributed by atoms with Gasteiger partial charge in [-0.3, -0.25) is 14.5 Å². The third-order valence-corrected chi connectivity index (χ3v) is 12.9. The average molecular weight is 883 g/mol. The van der Waals surface area contributed by atoms with Crippen molar-refractivity contribution in [2.45, 2.75) is 78.7 Å². The molecule has 6 aromatic rings. The minimum absolute atomic E-state index is 0.0380. The molecule has 0 spiro atoms. The number of ether oxygens (including phenoxy) is 2. The van der Waals surface area contributed by atoms with Crippen LogP contribution in [0.5, 0.6) is 17.2 Å². The number of piperazine rings is 1. The third kappa shape index (κ3) is 7.45. The van der Waals surface area contributed by atoms with E-state index in [9.17, 15) is 34.5 Å². The Morgan fingerprint density at radius 3 is 2.38 bits per heavy atom. The summed E-state index contributed by atoms with van der Waals surface area (Å²) < 4.78 is 18.5. The molecular weight excluding hydrogens is 833 g/mol. The third-order valence-electron chi connectivity index (χ3n) is 12.9. The summed E-state index contributed by atoms with van der Waals surface area (Å²) in [5.74, 6) is -0.888. The van der Waals surface area contributed by atoms with Crippen molar-refractivity contribution in [3.8, 4) is 51.1 Å². The normalized spacial score (nSPS) is 16.9. The number of carbonyl (C=O) groups is 3. The lowest BCUT2D eigenvalue weighted by molar-refractivity contribution is -0.172. The van der Waals surface area contributed by atoms with Gasteiger partial charge in [0, 0.05) is 61.8 Å². The van der Waals surface area contributed by atoms with Crippen LogP contribution in [0.4, 0.5) is 4.79 Å². The Hall–Kier alpha value is -7.04. The number of aryl methyl sites for hydroxylation is 1. The van der Waals surface area contributed by atoms with E-state index in [-0.39, 0.29) is 65.1 Å². The number of esters is 1. The predicted octanol–water partition coefficient (Wildman–Crippen LogP) is 6.56. The fourth-order valence-corrected chi connectivity index (χ4v) is 9.28. The van der Waals surface area contributed by atoms with Crippen molar-refractivity contribution in [3.05, 3.63) is 110 Å². The highest BCUT2D eigenvalue weighted by Crippen LogP contribution is 2.44. The maximum Gasteiger partial charge on any atom is 0.415 e. The van der Waals surface area contributed by atoms with Gasteiger partial charge in [-0.05, 0) is 78.3 Å². The number of aliphatic hydroxyl groups is 1. The first-order valence-electron chi connectivity index (χ1n) is 22.0. The highest BCUT2D eigenvalue weighted by atomic mass is 16.6. The molecule has 0 radical (unpaired) electrons. The Bertz CT molecular complexity index is 2970. The molecule has 3 aromatic carbocycles. The molecule has 6 heterocycles. The Kier molecular flexibility index (Phi) is 11.2. The van der Waals surface area contributed by atoms with Gasteiger partial charge in [0.05, 0.1) is 40.1 Å². The summed E-state index contributed by atoms with van der Waals surface area (Å²) in [7, 11) is 0. The van der Waals surface area contributed by atoms with Crippen LogP contribution in [0.3, 0.4) is 0 Å². The molecule has 0 bridgehead atoms. The minimum Gasteiger partial charge on any atom is -0.508 e. The lowest BCUT2D eigenvalue weighted by Gasteiger charge is -2.34. The summed E-state index contributed by atoms with van der Waals surface area (Å²) in [6, 6.07) is 17.6. The zero-order valence-electron chi connectivity index (χ0n) is 36.9. The lowest BCUT2D eigenvalue weighted by atomic mass is 9.86. The number of nitrogens with zero attached hydrogens (tertiary/aromatic N) is 5. The summed E-state index contributed by atoms with van der Waals surface area (Å²) in [5, 5.41) is 40.3. The highest BCUT2D eigenvalue weighted by Gasteiger charge is 2.45. The number of phenolic OH excluding ortho intramolecular Hbond substituents is 2. The Balaban J connectivity index is 0.880. The van der Waals surface area contributed by atoms with E-state index >= 15 is 0 Å². The van der Waals surface area contributed by atoms with E-state index in [1.807, 2.05) is 58.0 Å². The molecule has 3 aliphatic rings. The SMILES string of the molecule is CCNC(=O)c1noc(-c2cc(C(C)C)c(O)cc2O)c1-c1ccc(CN2CCN(C(=O)Oc3ccc4nc5c(c(CC)c4c3)Cn3c-5cc4c(c3=O)COC(=O)C4(O)CC)CC2)cc1. The first kappa shape index (κ1) is 43.2. The molecule has 4 N–H and O–H groups in total. The van der Waals surface area contributed by atoms with Crippen molar-refractivity contribution < 1.29 is 43.7 Å². The van der Waals surface area contributed by atoms with Crippen molar-refractivity contribution in [3.63, 3.8) is 0 Å². The van der Waals surface area contributed by atoms with E-state index in [0.29, 0.717) is 90.6 Å². The second-order valence-electron chi connectivity index (χ2n) is 17.1. The van der Waals surface area contributed by atoms with Crippen LogP contribution in [0.25, 0.3) is 44.7 Å². The van der Waals surface area contributed by atoms with Gasteiger partial charge in [0.2, 0.25) is 0 Å². The number of amides is 2. The Labute approximate surface area is 374 Å². The number of pyridine rings is 2. The summed E-state index contributed by atoms with van der Waals surface area (Å²) in [6.45, 7) is 12.5. The Morgan fingerprint density at radius 2 is 1.69 bits per heavy atom. The standard InChI is InChI=1S/C49H50N6O10/c1-6-30-32-19-29(13-14-37(32)51-42-34(30)24-55-38(42)21-36-35(46(55)59)25-63-47(60)49(36,62)7-2)64-48(61)54-17-15-53(16-18-54)23-27-9-11-28(12-10-27)41-43(45(58)50-8-3)52-65-44(41)33-20-31(26(4)5)39(56)22-40(33)57/h9-14,19-22,26,56-57,62H,6-8,15-18,23-25H2,1-5H3,(H,50,58). The van der Waals surface area contributed by atoms with Crippen molar-refractivity contribution in [2.24, 2.45) is 0 Å². The molecule has 1 fully saturated rings. The van der Waals surface area contributed by atoms with Gasteiger partial charge in [0.1, 0.15) is 23.9 Å². The number of hydrogen-bond donors (Lipinski definition) is 4. The number of rotatable bonds is 10. The van der Waals surface area contributed by atoms with E-state index in [1.54, 1.807) is 40.7 Å². The molecule has 3 aliphatic heterocycles. The first-order valence-corrected chi connectivity index (χ1v) is 22.0. The van der Waals surface area contributed by atoms with E-state index in [1.165, 1.54) is 6.07 Å². The number of fused-ring (bicyclic) bond motifs is 5. The molecule has 16 heteroatoms. The maximum atomic E-state index is 13.7. The molecule has 1 unspecified atom stereocenters. The number of phenols is 2. The molecule has 1 atom stereocenters. The highest BCUT2D eigenvalue weighted by molar-refractivity contribution is 6.02. The van der Waals surface area contributed by atoms with E-state index in [4.69, 9.17) is 19.0 Å². The average Bonchev–Trinajstić information content (AvgIpc) is 3.90. The minimum atomic E-state index is -1.91. The zero-order valence-corrected chi connectivity index (χ0v) is 36.9. The van der Waals surface area contributed by atoms with Gasteiger partial charge in [-0.15, -0.1) is 0 Å². The fourth-order valence-electron chi connectivity index (χ4n) is 9.28. The maximum absolute atomic E-state index is 13.7. The number of aromatic hydroxyl groups is 2. The van der Waals surface area contributed by atoms with E-state index in [2.05, 4.69) is 15.4 Å². The second kappa shape index (κ2) is 16.8. The lowest BCUT2D eigenvalue weighted by Crippen LogP contribution is -2.49. The molecule has 2 amide bonds. The molecule has 9 rings (SSSR count). The van der Waals surface area contributed by atoms with Gasteiger partial charge in [-0.1, -0.05) is 57.1 Å². The molecule has 0 saturated carbocycles. The van der Waals surface area contributed by atoms with Crippen LogP contribution >= 0.6 is 0 Å². The first-order chi connectivity index (χ1) is 31.2. The van der Waals surface area contributed by atoms with Gasteiger partial charge in [-0.25, -0.2) is 14.6 Å². The van der Waals surface area contributed by atoms with Crippen molar-refractivity contribution in [1.29, 1.82) is 0 Å². The van der Waals surface area contributed by atoms with Gasteiger partial charge < -0.3 is 44.1 Å². The summed E-state index contributed by atoms with van der Waals surface area (Å²) in [4.78, 5) is 61.9. The number of carbonyl (C=O) groups excluding carboxylic acids is 3. The summed E-state index contributed by atoms with van der Waals surface area (Å²) in [6.07, 6.45) is 0.216. The van der Waals surface area contributed by atoms with Crippen LogP contribution in [0.2, 0.25) is 0 Å². The number of nitrogens with one attached hydrogen (secondary N) is 1. The molecule has 0 aliphatic carbocycles. The topological polar surface area (TPSA) is 210 Å². The number of benzene rings is 3. The monoisotopic (exact) mass is 882 g/mol. The van der Waals surface area contributed by atoms with E-state index in [0.717, 1.165) is 22.1 Å². The van der Waals surface area contributed by atoms with Crippen LogP contribution in [-0.4, -0.2) is 90.5 Å². The number of cyclic esters (lactones) is 1. The largest absolute Gasteiger partial charge is 0.508 e. The van der Waals surface area contributed by atoms with Crippen LogP contribution in [0.15, 0.2) is 70.0 Å². The predicted molar refractivity (Wildman–Crippen MR) is 240 cm³/mol. The molecular formula is C49H50N6O10. The molecule has 16 nitrogen and oxygen atoms in total. The van der Waals surface area contributed by atoms with Crippen molar-refractivity contribution in [2.75, 3.05) is 32.7 Å². The summed E-state index contributed by atoms with van der Waals surface area (Å²) >= 11 is 0. The quantitative estimate of drug-likeness (QED) is 0.107.